The Morgan fingerprint density at radius 1 is 1.28 bits per heavy atom. The fourth-order valence-electron chi connectivity index (χ4n) is 4.05. The van der Waals surface area contributed by atoms with Gasteiger partial charge in [0, 0.05) is 24.3 Å². The first-order valence-corrected chi connectivity index (χ1v) is 11.0. The fourth-order valence-corrected chi connectivity index (χ4v) is 4.05. The van der Waals surface area contributed by atoms with E-state index in [1.54, 1.807) is 4.52 Å². The number of carbonyl (C=O) groups excluding carboxylic acids is 2. The van der Waals surface area contributed by atoms with Gasteiger partial charge in [-0.05, 0) is 61.8 Å². The first kappa shape index (κ1) is 20.5. The minimum Gasteiger partial charge on any atom is -0.380 e. The predicted octanol–water partition coefficient (Wildman–Crippen LogP) is 2.45. The van der Waals surface area contributed by atoms with E-state index < -0.39 is 11.5 Å². The van der Waals surface area contributed by atoms with Gasteiger partial charge < -0.3 is 21.5 Å². The number of primary amides is 1. The Hall–Kier alpha value is -3.39. The third kappa shape index (κ3) is 3.93. The van der Waals surface area contributed by atoms with Crippen LogP contribution in [-0.2, 0) is 11.3 Å². The predicted molar refractivity (Wildman–Crippen MR) is 121 cm³/mol. The van der Waals surface area contributed by atoms with Crippen molar-refractivity contribution in [2.24, 2.45) is 11.7 Å². The molecule has 5 N–H and O–H groups in total. The molecule has 5 rings (SSSR count). The molecule has 2 fully saturated rings. The Bertz CT molecular complexity index is 1210. The van der Waals surface area contributed by atoms with Gasteiger partial charge in [-0.2, -0.15) is 5.10 Å². The van der Waals surface area contributed by atoms with E-state index in [0.29, 0.717) is 36.6 Å². The van der Waals surface area contributed by atoms with Crippen molar-refractivity contribution >= 4 is 23.0 Å². The topological polar surface area (TPSA) is 122 Å². The van der Waals surface area contributed by atoms with Crippen LogP contribution >= 0.6 is 0 Å². The van der Waals surface area contributed by atoms with Crippen molar-refractivity contribution in [1.82, 2.24) is 14.9 Å². The van der Waals surface area contributed by atoms with Crippen LogP contribution in [0.5, 0.6) is 0 Å². The van der Waals surface area contributed by atoms with Crippen molar-refractivity contribution in [1.29, 1.82) is 0 Å². The average Bonchev–Trinajstić information content (AvgIpc) is 3.70. The van der Waals surface area contributed by atoms with Crippen LogP contribution in [0.4, 0.5) is 5.69 Å². The molecule has 32 heavy (non-hydrogen) atoms. The minimum absolute atomic E-state index is 0.242. The van der Waals surface area contributed by atoms with E-state index in [1.165, 1.54) is 19.0 Å². The highest BCUT2D eigenvalue weighted by Gasteiger charge is 2.47. The van der Waals surface area contributed by atoms with Gasteiger partial charge in [-0.25, -0.2) is 4.52 Å². The van der Waals surface area contributed by atoms with Crippen LogP contribution in [0.25, 0.3) is 16.6 Å². The molecule has 0 aliphatic heterocycles. The van der Waals surface area contributed by atoms with E-state index in [9.17, 15) is 14.7 Å². The maximum Gasteiger partial charge on any atom is 0.252 e. The summed E-state index contributed by atoms with van der Waals surface area (Å²) >= 11 is 0. The summed E-state index contributed by atoms with van der Waals surface area (Å²) in [4.78, 5) is 24.1. The number of nitrogens with two attached hydrogens (primary N) is 1. The lowest BCUT2D eigenvalue weighted by atomic mass is 10.1. The molecule has 166 valence electrons. The highest BCUT2D eigenvalue weighted by molar-refractivity contribution is 6.02. The summed E-state index contributed by atoms with van der Waals surface area (Å²) in [6.45, 7) is 2.47. The quantitative estimate of drug-likeness (QED) is 0.435. The maximum absolute atomic E-state index is 12.0. The first-order valence-electron chi connectivity index (χ1n) is 11.0. The minimum atomic E-state index is -1.18. The van der Waals surface area contributed by atoms with E-state index in [1.807, 2.05) is 36.5 Å². The van der Waals surface area contributed by atoms with Crippen LogP contribution in [0, 0.1) is 5.92 Å². The normalized spacial score (nSPS) is 17.7. The van der Waals surface area contributed by atoms with Crippen molar-refractivity contribution in [3.63, 3.8) is 0 Å². The molecule has 0 bridgehead atoms. The van der Waals surface area contributed by atoms with Crippen molar-refractivity contribution in [2.75, 3.05) is 5.32 Å². The van der Waals surface area contributed by atoms with Gasteiger partial charge in [0.05, 0.1) is 23.0 Å². The lowest BCUT2D eigenvalue weighted by Crippen LogP contribution is -2.35. The molecule has 2 aliphatic carbocycles. The van der Waals surface area contributed by atoms with Gasteiger partial charge in [-0.15, -0.1) is 0 Å². The average molecular weight is 434 g/mol. The van der Waals surface area contributed by atoms with Crippen molar-refractivity contribution in [3.05, 3.63) is 53.9 Å². The molecule has 3 aromatic rings. The molecule has 2 heterocycles. The van der Waals surface area contributed by atoms with Crippen LogP contribution < -0.4 is 16.4 Å². The summed E-state index contributed by atoms with van der Waals surface area (Å²) in [6, 6.07) is 10.1. The van der Waals surface area contributed by atoms with Crippen LogP contribution in [0.3, 0.4) is 0 Å². The van der Waals surface area contributed by atoms with Crippen molar-refractivity contribution in [3.8, 4) is 11.1 Å². The molecular weight excluding hydrogens is 406 g/mol. The zero-order chi connectivity index (χ0) is 22.5. The number of carbonyl (C=O) groups is 2. The largest absolute Gasteiger partial charge is 0.380 e. The second-order valence-corrected chi connectivity index (χ2v) is 9.04. The Morgan fingerprint density at radius 2 is 2.06 bits per heavy atom. The SMILES string of the molecule is C[C@@H](Nc1c(C(N)=O)cnn2cc(-c3cccc(CNC(=O)C4(O)CC4)c3)cc12)C1CC1. The summed E-state index contributed by atoms with van der Waals surface area (Å²) in [5.41, 5.74) is 9.16. The number of fused-ring (bicyclic) bond motifs is 1. The smallest absolute Gasteiger partial charge is 0.252 e. The molecular formula is C24H27N5O3. The van der Waals surface area contributed by atoms with Gasteiger partial charge in [0.25, 0.3) is 11.8 Å². The van der Waals surface area contributed by atoms with Gasteiger partial charge in [-0.1, -0.05) is 18.2 Å². The Labute approximate surface area is 185 Å². The number of aromatic nitrogens is 2. The molecule has 1 aromatic carbocycles. The molecule has 2 aromatic heterocycles. The molecule has 2 amide bonds. The molecule has 0 radical (unpaired) electrons. The monoisotopic (exact) mass is 433 g/mol. The van der Waals surface area contributed by atoms with Gasteiger partial charge in [-0.3, -0.25) is 9.59 Å². The zero-order valence-corrected chi connectivity index (χ0v) is 18.0. The van der Waals surface area contributed by atoms with E-state index in [2.05, 4.69) is 22.7 Å². The highest BCUT2D eigenvalue weighted by Crippen LogP contribution is 2.36. The first-order chi connectivity index (χ1) is 15.3. The molecule has 0 spiro atoms. The van der Waals surface area contributed by atoms with Crippen LogP contribution in [-0.4, -0.2) is 38.2 Å². The molecule has 2 aliphatic rings. The summed E-state index contributed by atoms with van der Waals surface area (Å²) in [6.07, 6.45) is 6.84. The second kappa shape index (κ2) is 7.63. The summed E-state index contributed by atoms with van der Waals surface area (Å²) in [7, 11) is 0. The zero-order valence-electron chi connectivity index (χ0n) is 18.0. The summed E-state index contributed by atoms with van der Waals surface area (Å²) in [5, 5.41) is 20.6. The number of nitrogens with one attached hydrogen (secondary N) is 2. The molecule has 0 saturated heterocycles. The van der Waals surface area contributed by atoms with Gasteiger partial charge in [0.2, 0.25) is 0 Å². The van der Waals surface area contributed by atoms with Gasteiger partial charge in [0.15, 0.2) is 0 Å². The van der Waals surface area contributed by atoms with Crippen LogP contribution in [0.15, 0.2) is 42.7 Å². The number of rotatable bonds is 8. The van der Waals surface area contributed by atoms with Gasteiger partial charge in [0.1, 0.15) is 5.60 Å². The third-order valence-electron chi connectivity index (χ3n) is 6.46. The number of benzene rings is 1. The maximum atomic E-state index is 12.0. The lowest BCUT2D eigenvalue weighted by Gasteiger charge is -2.17. The van der Waals surface area contributed by atoms with Crippen molar-refractivity contribution < 1.29 is 14.7 Å². The number of anilines is 1. The van der Waals surface area contributed by atoms with E-state index >= 15 is 0 Å². The Balaban J connectivity index is 1.44. The van der Waals surface area contributed by atoms with Gasteiger partial charge >= 0.3 is 0 Å². The molecule has 0 unspecified atom stereocenters. The second-order valence-electron chi connectivity index (χ2n) is 9.04. The van der Waals surface area contributed by atoms with E-state index in [-0.39, 0.29) is 11.9 Å². The standard InChI is InChI=1S/C24H27N5O3/c1-14(16-5-6-16)28-21-19(22(25)30)12-27-29-13-18(10-20(21)29)17-4-2-3-15(9-17)11-26-23(31)24(32)7-8-24/h2-4,9-10,12-14,16,28,32H,5-8,11H2,1H3,(H2,25,30)(H,26,31)/t14-/m1/s1. The summed E-state index contributed by atoms with van der Waals surface area (Å²) < 4.78 is 1.75. The third-order valence-corrected chi connectivity index (χ3v) is 6.46. The van der Waals surface area contributed by atoms with Crippen molar-refractivity contribution in [2.45, 2.75) is 50.8 Å². The number of hydrogen-bond donors (Lipinski definition) is 4. The molecule has 8 nitrogen and oxygen atoms in total. The van der Waals surface area contributed by atoms with E-state index in [4.69, 9.17) is 5.73 Å². The number of hydrogen-bond acceptors (Lipinski definition) is 5. The number of aliphatic hydroxyl groups is 1. The lowest BCUT2D eigenvalue weighted by molar-refractivity contribution is -0.131. The fraction of sp³-hybridized carbons (Fsp3) is 0.375. The Kier molecular flexibility index (Phi) is 4.89. The molecule has 2 saturated carbocycles. The highest BCUT2D eigenvalue weighted by atomic mass is 16.3. The molecule has 8 heteroatoms. The Morgan fingerprint density at radius 3 is 2.75 bits per heavy atom. The number of nitrogens with zero attached hydrogens (tertiary/aromatic N) is 2. The molecule has 1 atom stereocenters. The van der Waals surface area contributed by atoms with Crippen LogP contribution in [0.1, 0.15) is 48.5 Å². The summed E-state index contributed by atoms with van der Waals surface area (Å²) in [5.74, 6) is -0.219. The van der Waals surface area contributed by atoms with Crippen LogP contribution in [0.2, 0.25) is 0 Å². The number of amides is 2. The van der Waals surface area contributed by atoms with E-state index in [0.717, 1.165) is 22.2 Å².